The van der Waals surface area contributed by atoms with E-state index in [1.165, 1.54) is 29.7 Å². The van der Waals surface area contributed by atoms with E-state index in [1.54, 1.807) is 19.1 Å². The standard InChI is InChI=1S/C23H25N5O4/c1-16-17(9-6-10-21(16)28(31)32)22(29)24-15-20-18-7-2-3-8-19(18)23(30)27(25-20)14-13-26-11-4-5-12-26/h2-3,6-10H,4-5,11-15H2,1H3,(H,24,29). The van der Waals surface area contributed by atoms with E-state index in [0.717, 1.165) is 19.6 Å². The number of nitrogens with one attached hydrogen (secondary N) is 1. The molecule has 1 aliphatic rings. The maximum absolute atomic E-state index is 12.9. The summed E-state index contributed by atoms with van der Waals surface area (Å²) < 4.78 is 1.47. The Labute approximate surface area is 184 Å². The fraction of sp³-hybridized carbons (Fsp3) is 0.348. The van der Waals surface area contributed by atoms with Crippen LogP contribution >= 0.6 is 0 Å². The van der Waals surface area contributed by atoms with Crippen molar-refractivity contribution in [1.82, 2.24) is 20.0 Å². The van der Waals surface area contributed by atoms with Gasteiger partial charge in [-0.1, -0.05) is 24.3 Å². The van der Waals surface area contributed by atoms with Crippen molar-refractivity contribution in [2.75, 3.05) is 19.6 Å². The summed E-state index contributed by atoms with van der Waals surface area (Å²) in [6, 6.07) is 11.6. The van der Waals surface area contributed by atoms with Crippen LogP contribution in [0.25, 0.3) is 10.8 Å². The van der Waals surface area contributed by atoms with Gasteiger partial charge in [0.1, 0.15) is 0 Å². The van der Waals surface area contributed by atoms with Crippen LogP contribution < -0.4 is 10.9 Å². The van der Waals surface area contributed by atoms with Gasteiger partial charge >= 0.3 is 0 Å². The number of amides is 1. The summed E-state index contributed by atoms with van der Waals surface area (Å²) >= 11 is 0. The Morgan fingerprint density at radius 3 is 2.53 bits per heavy atom. The molecule has 3 aromatic rings. The number of rotatable bonds is 7. The van der Waals surface area contributed by atoms with Crippen molar-refractivity contribution in [1.29, 1.82) is 0 Å². The largest absolute Gasteiger partial charge is 0.346 e. The second-order valence-corrected chi connectivity index (χ2v) is 7.96. The Hall–Kier alpha value is -3.59. The van der Waals surface area contributed by atoms with Crippen molar-refractivity contribution >= 4 is 22.4 Å². The van der Waals surface area contributed by atoms with Gasteiger partial charge in [0, 0.05) is 29.1 Å². The minimum atomic E-state index is -0.503. The molecule has 0 bridgehead atoms. The molecule has 2 aromatic carbocycles. The molecule has 0 spiro atoms. The second-order valence-electron chi connectivity index (χ2n) is 7.96. The van der Waals surface area contributed by atoms with E-state index < -0.39 is 10.8 Å². The second kappa shape index (κ2) is 9.27. The first-order valence-electron chi connectivity index (χ1n) is 10.7. The third kappa shape index (κ3) is 4.38. The lowest BCUT2D eigenvalue weighted by Crippen LogP contribution is -2.32. The molecule has 166 valence electrons. The van der Waals surface area contributed by atoms with Gasteiger partial charge in [0.15, 0.2) is 0 Å². The van der Waals surface area contributed by atoms with Crippen molar-refractivity contribution < 1.29 is 9.72 Å². The third-order valence-corrected chi connectivity index (χ3v) is 5.93. The lowest BCUT2D eigenvalue weighted by Gasteiger charge is -2.16. The molecule has 0 atom stereocenters. The highest BCUT2D eigenvalue weighted by Crippen LogP contribution is 2.21. The van der Waals surface area contributed by atoms with Crippen molar-refractivity contribution in [3.05, 3.63) is 79.8 Å². The predicted octanol–water partition coefficient (Wildman–Crippen LogP) is 2.64. The van der Waals surface area contributed by atoms with Crippen molar-refractivity contribution in [2.24, 2.45) is 0 Å². The minimum absolute atomic E-state index is 0.100. The number of aromatic nitrogens is 2. The zero-order chi connectivity index (χ0) is 22.7. The molecule has 0 unspecified atom stereocenters. The van der Waals surface area contributed by atoms with Crippen LogP contribution in [0.4, 0.5) is 5.69 Å². The maximum Gasteiger partial charge on any atom is 0.274 e. The highest BCUT2D eigenvalue weighted by Gasteiger charge is 2.19. The van der Waals surface area contributed by atoms with Crippen LogP contribution in [0.15, 0.2) is 47.3 Å². The summed E-state index contributed by atoms with van der Waals surface area (Å²) in [5, 5.41) is 19.8. The van der Waals surface area contributed by atoms with Crippen LogP contribution in [-0.2, 0) is 13.1 Å². The summed E-state index contributed by atoms with van der Waals surface area (Å²) in [4.78, 5) is 38.7. The molecule has 32 heavy (non-hydrogen) atoms. The van der Waals surface area contributed by atoms with Gasteiger partial charge in [-0.05, 0) is 45.0 Å². The van der Waals surface area contributed by atoms with Gasteiger partial charge in [-0.25, -0.2) is 4.68 Å². The van der Waals surface area contributed by atoms with Gasteiger partial charge in [-0.3, -0.25) is 19.7 Å². The number of benzene rings is 2. The van der Waals surface area contributed by atoms with Crippen LogP contribution in [0, 0.1) is 17.0 Å². The molecule has 0 radical (unpaired) electrons. The van der Waals surface area contributed by atoms with Gasteiger partial charge in [0.05, 0.1) is 29.1 Å². The van der Waals surface area contributed by atoms with E-state index in [9.17, 15) is 19.7 Å². The molecule has 0 saturated carbocycles. The number of likely N-dealkylation sites (tertiary alicyclic amines) is 1. The molecule has 1 fully saturated rings. The first-order chi connectivity index (χ1) is 15.5. The van der Waals surface area contributed by atoms with E-state index in [4.69, 9.17) is 0 Å². The van der Waals surface area contributed by atoms with Crippen LogP contribution in [0.1, 0.15) is 34.5 Å². The normalized spacial score (nSPS) is 14.0. The smallest absolute Gasteiger partial charge is 0.274 e. The molecule has 2 heterocycles. The minimum Gasteiger partial charge on any atom is -0.346 e. The molecule has 1 N–H and O–H groups in total. The quantitative estimate of drug-likeness (QED) is 0.451. The number of hydrogen-bond donors (Lipinski definition) is 1. The zero-order valence-electron chi connectivity index (χ0n) is 17.9. The number of nitro groups is 1. The SMILES string of the molecule is Cc1c(C(=O)NCc2nn(CCN3CCCC3)c(=O)c3ccccc23)cccc1[N+](=O)[O-]. The van der Waals surface area contributed by atoms with Gasteiger partial charge in [-0.2, -0.15) is 5.10 Å². The first kappa shape index (κ1) is 21.6. The lowest BCUT2D eigenvalue weighted by atomic mass is 10.1. The summed E-state index contributed by atoms with van der Waals surface area (Å²) in [5.74, 6) is -0.424. The number of fused-ring (bicyclic) bond motifs is 1. The molecule has 1 aliphatic heterocycles. The van der Waals surface area contributed by atoms with Crippen molar-refractivity contribution in [2.45, 2.75) is 32.9 Å². The number of carbonyl (C=O) groups is 1. The van der Waals surface area contributed by atoms with E-state index in [1.807, 2.05) is 18.2 Å². The summed E-state index contributed by atoms with van der Waals surface area (Å²) in [7, 11) is 0. The molecule has 4 rings (SSSR count). The Morgan fingerprint density at radius 1 is 1.09 bits per heavy atom. The third-order valence-electron chi connectivity index (χ3n) is 5.93. The summed E-state index contributed by atoms with van der Waals surface area (Å²) in [6.45, 7) is 4.96. The highest BCUT2D eigenvalue weighted by molar-refractivity contribution is 5.96. The molecule has 1 saturated heterocycles. The molecular formula is C23H25N5O4. The molecular weight excluding hydrogens is 410 g/mol. The van der Waals surface area contributed by atoms with Crippen molar-refractivity contribution in [3.8, 4) is 0 Å². The lowest BCUT2D eigenvalue weighted by molar-refractivity contribution is -0.385. The monoisotopic (exact) mass is 435 g/mol. The Morgan fingerprint density at radius 2 is 1.81 bits per heavy atom. The summed E-state index contributed by atoms with van der Waals surface area (Å²) in [5.41, 5.74) is 0.883. The average Bonchev–Trinajstić information content (AvgIpc) is 3.31. The van der Waals surface area contributed by atoms with Crippen LogP contribution in [-0.4, -0.2) is 45.1 Å². The van der Waals surface area contributed by atoms with Gasteiger partial charge in [0.25, 0.3) is 17.2 Å². The Balaban J connectivity index is 1.59. The first-order valence-corrected chi connectivity index (χ1v) is 10.7. The van der Waals surface area contributed by atoms with Gasteiger partial charge < -0.3 is 10.2 Å². The van der Waals surface area contributed by atoms with E-state index in [-0.39, 0.29) is 23.4 Å². The topological polar surface area (TPSA) is 110 Å². The fourth-order valence-corrected chi connectivity index (χ4v) is 4.16. The van der Waals surface area contributed by atoms with Crippen LogP contribution in [0.5, 0.6) is 0 Å². The molecule has 1 aromatic heterocycles. The van der Waals surface area contributed by atoms with E-state index in [0.29, 0.717) is 28.6 Å². The van der Waals surface area contributed by atoms with E-state index >= 15 is 0 Å². The number of nitrogens with zero attached hydrogens (tertiary/aromatic N) is 4. The maximum atomic E-state index is 12.9. The predicted molar refractivity (Wildman–Crippen MR) is 121 cm³/mol. The van der Waals surface area contributed by atoms with E-state index in [2.05, 4.69) is 15.3 Å². The Bertz CT molecular complexity index is 1230. The average molecular weight is 435 g/mol. The fourth-order valence-electron chi connectivity index (χ4n) is 4.16. The Kier molecular flexibility index (Phi) is 6.27. The number of hydrogen-bond acceptors (Lipinski definition) is 6. The molecule has 9 nitrogen and oxygen atoms in total. The van der Waals surface area contributed by atoms with Gasteiger partial charge in [-0.15, -0.1) is 0 Å². The van der Waals surface area contributed by atoms with Crippen LogP contribution in [0.2, 0.25) is 0 Å². The molecule has 0 aliphatic carbocycles. The van der Waals surface area contributed by atoms with Gasteiger partial charge in [0.2, 0.25) is 0 Å². The zero-order valence-corrected chi connectivity index (χ0v) is 17.9. The summed E-state index contributed by atoms with van der Waals surface area (Å²) in [6.07, 6.45) is 2.35. The van der Waals surface area contributed by atoms with Crippen molar-refractivity contribution in [3.63, 3.8) is 0 Å². The highest BCUT2D eigenvalue weighted by atomic mass is 16.6. The number of nitro benzene ring substituents is 1. The molecule has 1 amide bonds. The van der Waals surface area contributed by atoms with Crippen LogP contribution in [0.3, 0.4) is 0 Å². The molecule has 9 heteroatoms. The number of carbonyl (C=O) groups excluding carboxylic acids is 1.